The van der Waals surface area contributed by atoms with Crippen molar-refractivity contribution < 1.29 is 19.8 Å². The molecule has 0 saturated carbocycles. The van der Waals surface area contributed by atoms with Crippen LogP contribution in [0.5, 0.6) is 0 Å². The van der Waals surface area contributed by atoms with Crippen LogP contribution in [0.3, 0.4) is 0 Å². The Kier molecular flexibility index (Phi) is 32.3. The van der Waals surface area contributed by atoms with Crippen LogP contribution in [0.1, 0.15) is 90.9 Å². The molecule has 6 nitrogen and oxygen atoms in total. The van der Waals surface area contributed by atoms with Gasteiger partial charge in [-0.05, 0) is 25.9 Å². The van der Waals surface area contributed by atoms with E-state index in [9.17, 15) is 19.8 Å². The van der Waals surface area contributed by atoms with E-state index in [1.54, 1.807) is 0 Å². The van der Waals surface area contributed by atoms with Crippen LogP contribution in [0.4, 0.5) is 0 Å². The van der Waals surface area contributed by atoms with Gasteiger partial charge in [0.1, 0.15) is 0 Å². The summed E-state index contributed by atoms with van der Waals surface area (Å²) in [5.74, 6) is -2.04. The molecule has 0 heterocycles. The van der Waals surface area contributed by atoms with Crippen molar-refractivity contribution in [2.45, 2.75) is 90.9 Å². The number of carboxylic acid groups (broad SMARTS) is 2. The maximum atomic E-state index is 10.00. The maximum absolute atomic E-state index is 10.00. The third-order valence-electron chi connectivity index (χ3n) is 3.95. The predicted octanol–water partition coefficient (Wildman–Crippen LogP) is 0.992. The Hall–Kier alpha value is -0.374. The molecule has 0 rings (SSSR count). The van der Waals surface area contributed by atoms with Crippen molar-refractivity contribution in [1.29, 1.82) is 0 Å². The van der Waals surface area contributed by atoms with Gasteiger partial charge in [-0.1, -0.05) is 78.1 Å². The minimum Gasteiger partial charge on any atom is -0.549 e. The van der Waals surface area contributed by atoms with Crippen LogP contribution >= 0.6 is 0 Å². The Morgan fingerprint density at radius 2 is 0.889 bits per heavy atom. The molecule has 27 heavy (non-hydrogen) atoms. The first-order valence-electron chi connectivity index (χ1n) is 10.4. The molecule has 0 aromatic rings. The van der Waals surface area contributed by atoms with Crippen molar-refractivity contribution >= 4 is 35.0 Å². The van der Waals surface area contributed by atoms with E-state index in [4.69, 9.17) is 0 Å². The average molecular weight is 397 g/mol. The van der Waals surface area contributed by atoms with E-state index in [0.717, 1.165) is 25.9 Å². The Morgan fingerprint density at radius 1 is 0.593 bits per heavy atom. The van der Waals surface area contributed by atoms with E-state index in [-0.39, 0.29) is 36.1 Å². The van der Waals surface area contributed by atoms with E-state index in [2.05, 4.69) is 24.5 Å². The molecule has 0 aromatic heterocycles. The van der Waals surface area contributed by atoms with Crippen LogP contribution in [-0.2, 0) is 9.59 Å². The fourth-order valence-corrected chi connectivity index (χ4v) is 2.44. The first-order chi connectivity index (χ1) is 12.5. The van der Waals surface area contributed by atoms with Gasteiger partial charge < -0.3 is 30.4 Å². The molecule has 0 saturated heterocycles. The molecule has 0 aliphatic carbocycles. The molecule has 0 amide bonds. The smallest absolute Gasteiger partial charge is 0.549 e. The van der Waals surface area contributed by atoms with Crippen LogP contribution in [-0.4, -0.2) is 61.2 Å². The molecule has 0 radical (unpaired) electrons. The topological polar surface area (TPSA) is 104 Å². The third kappa shape index (κ3) is 37.1. The summed E-state index contributed by atoms with van der Waals surface area (Å²) in [6.45, 7) is 5.94. The molecule has 7 heteroatoms. The zero-order valence-electron chi connectivity index (χ0n) is 17.7. The van der Waals surface area contributed by atoms with Gasteiger partial charge in [0.25, 0.3) is 0 Å². The molecule has 0 aromatic carbocycles. The van der Waals surface area contributed by atoms with Crippen LogP contribution < -0.4 is 20.8 Å². The minimum absolute atomic E-state index is 0. The SMILES string of the molecule is CCCCCCCCNCC(=O)[O-].CCCCCCCCNCC(=O)[O-].[Mg+2]. The quantitative estimate of drug-likeness (QED) is 0.264. The molecular formula is C20H40MgN2O4. The van der Waals surface area contributed by atoms with Crippen molar-refractivity contribution in [3.8, 4) is 0 Å². The summed E-state index contributed by atoms with van der Waals surface area (Å²) in [7, 11) is 0. The zero-order valence-corrected chi connectivity index (χ0v) is 19.1. The van der Waals surface area contributed by atoms with Gasteiger partial charge in [-0.15, -0.1) is 0 Å². The second-order valence-corrected chi connectivity index (χ2v) is 6.63. The van der Waals surface area contributed by atoms with Gasteiger partial charge in [0.05, 0.1) is 11.9 Å². The molecule has 0 aliphatic heterocycles. The van der Waals surface area contributed by atoms with E-state index in [0.29, 0.717) is 0 Å². The van der Waals surface area contributed by atoms with Gasteiger partial charge in [-0.2, -0.15) is 0 Å². The largest absolute Gasteiger partial charge is 2.00 e. The van der Waals surface area contributed by atoms with Crippen LogP contribution in [0.25, 0.3) is 0 Å². The monoisotopic (exact) mass is 396 g/mol. The van der Waals surface area contributed by atoms with Crippen LogP contribution in [0.2, 0.25) is 0 Å². The van der Waals surface area contributed by atoms with Gasteiger partial charge in [-0.3, -0.25) is 0 Å². The second-order valence-electron chi connectivity index (χ2n) is 6.63. The summed E-state index contributed by atoms with van der Waals surface area (Å²) in [4.78, 5) is 20.0. The summed E-state index contributed by atoms with van der Waals surface area (Å²) in [6, 6.07) is 0. The molecule has 156 valence electrons. The number of carbonyl (C=O) groups is 2. The van der Waals surface area contributed by atoms with Crippen LogP contribution in [0.15, 0.2) is 0 Å². The molecule has 0 unspecified atom stereocenters. The van der Waals surface area contributed by atoms with E-state index < -0.39 is 11.9 Å². The number of hydrogen-bond donors (Lipinski definition) is 2. The Morgan fingerprint density at radius 3 is 1.19 bits per heavy atom. The fraction of sp³-hybridized carbons (Fsp3) is 0.900. The average Bonchev–Trinajstić information content (AvgIpc) is 2.60. The van der Waals surface area contributed by atoms with E-state index in [1.165, 1.54) is 64.2 Å². The number of nitrogens with one attached hydrogen (secondary N) is 2. The summed E-state index contributed by atoms with van der Waals surface area (Å²) in [5, 5.41) is 25.6. The molecule has 0 atom stereocenters. The van der Waals surface area contributed by atoms with Gasteiger partial charge in [0.2, 0.25) is 0 Å². The molecule has 2 N–H and O–H groups in total. The van der Waals surface area contributed by atoms with Crippen molar-refractivity contribution in [3.05, 3.63) is 0 Å². The van der Waals surface area contributed by atoms with Crippen molar-refractivity contribution in [2.75, 3.05) is 26.2 Å². The molecule has 0 aliphatic rings. The van der Waals surface area contributed by atoms with Gasteiger partial charge >= 0.3 is 23.1 Å². The first-order valence-corrected chi connectivity index (χ1v) is 10.4. The third-order valence-corrected chi connectivity index (χ3v) is 3.95. The number of unbranched alkanes of at least 4 members (excludes halogenated alkanes) is 10. The Labute approximate surface area is 182 Å². The number of hydrogen-bond acceptors (Lipinski definition) is 6. The molecule has 0 spiro atoms. The number of carboxylic acids is 2. The standard InChI is InChI=1S/2C10H21NO2.Mg/c2*1-2-3-4-5-6-7-8-11-9-10(12)13;/h2*11H,2-9H2,1H3,(H,12,13);/q;;+2/p-2. The predicted molar refractivity (Wildman–Crippen MR) is 108 cm³/mol. The van der Waals surface area contributed by atoms with Crippen LogP contribution in [0, 0.1) is 0 Å². The number of aliphatic carboxylic acids is 2. The van der Waals surface area contributed by atoms with Gasteiger partial charge in [0, 0.05) is 13.1 Å². The summed E-state index contributed by atoms with van der Waals surface area (Å²) < 4.78 is 0. The summed E-state index contributed by atoms with van der Waals surface area (Å²) in [5.41, 5.74) is 0. The van der Waals surface area contributed by atoms with E-state index in [1.807, 2.05) is 0 Å². The van der Waals surface area contributed by atoms with Gasteiger partial charge in [0.15, 0.2) is 0 Å². The fourth-order valence-electron chi connectivity index (χ4n) is 2.44. The molecule has 0 fully saturated rings. The maximum Gasteiger partial charge on any atom is 2.00 e. The number of rotatable bonds is 18. The molecule has 0 bridgehead atoms. The first kappa shape index (κ1) is 31.3. The van der Waals surface area contributed by atoms with E-state index >= 15 is 0 Å². The summed E-state index contributed by atoms with van der Waals surface area (Å²) >= 11 is 0. The normalized spacial score (nSPS) is 9.85. The Bertz CT molecular complexity index is 288. The molecular weight excluding hydrogens is 357 g/mol. The van der Waals surface area contributed by atoms with Crippen molar-refractivity contribution in [3.63, 3.8) is 0 Å². The summed E-state index contributed by atoms with van der Waals surface area (Å²) in [6.07, 6.45) is 14.8. The zero-order chi connectivity index (χ0) is 19.9. The minimum atomic E-state index is -1.02. The second kappa shape index (κ2) is 27.8. The van der Waals surface area contributed by atoms with Gasteiger partial charge in [-0.25, -0.2) is 0 Å². The Balaban J connectivity index is -0.000000411. The van der Waals surface area contributed by atoms with Crippen molar-refractivity contribution in [1.82, 2.24) is 10.6 Å². The number of carbonyl (C=O) groups excluding carboxylic acids is 2. The van der Waals surface area contributed by atoms with Crippen molar-refractivity contribution in [2.24, 2.45) is 0 Å².